The van der Waals surface area contributed by atoms with Crippen molar-refractivity contribution in [2.24, 2.45) is 0 Å². The molecule has 0 aliphatic carbocycles. The first-order valence-corrected chi connectivity index (χ1v) is 9.37. The highest BCUT2D eigenvalue weighted by atomic mass is 32.2. The third-order valence-electron chi connectivity index (χ3n) is 3.91. The number of pyridine rings is 1. The van der Waals surface area contributed by atoms with E-state index in [4.69, 9.17) is 4.98 Å². The molecule has 0 atom stereocenters. The van der Waals surface area contributed by atoms with Crippen molar-refractivity contribution in [2.45, 2.75) is 42.8 Å². The van der Waals surface area contributed by atoms with Gasteiger partial charge in [0.2, 0.25) is 0 Å². The van der Waals surface area contributed by atoms with Gasteiger partial charge in [0.15, 0.2) is 0 Å². The predicted octanol–water partition coefficient (Wildman–Crippen LogP) is 4.32. The minimum absolute atomic E-state index is 0.367. The van der Waals surface area contributed by atoms with Crippen molar-refractivity contribution in [2.75, 3.05) is 7.05 Å². The summed E-state index contributed by atoms with van der Waals surface area (Å²) in [5.41, 5.74) is 2.19. The number of hydrogen-bond acceptors (Lipinski definition) is 4. The summed E-state index contributed by atoms with van der Waals surface area (Å²) in [6, 6.07) is 16.5. The van der Waals surface area contributed by atoms with Crippen LogP contribution in [0.5, 0.6) is 0 Å². The van der Waals surface area contributed by atoms with Gasteiger partial charge in [0.05, 0.1) is 24.5 Å². The summed E-state index contributed by atoms with van der Waals surface area (Å²) in [7, 11) is 1.96. The van der Waals surface area contributed by atoms with E-state index in [0.717, 1.165) is 30.3 Å². The van der Waals surface area contributed by atoms with Crippen LogP contribution in [0.1, 0.15) is 37.0 Å². The maximum absolute atomic E-state index is 4.94. The standard InChI is InChI=1S/C20H24N4S/c1-15(2)19-20(25-17-10-5-4-6-11-17)24(18(23-19)13-21-3)14-16-9-7-8-12-22-16/h4-12,15,21H,13-14H2,1-3H3. The Morgan fingerprint density at radius 2 is 1.84 bits per heavy atom. The average Bonchev–Trinajstić information content (AvgIpc) is 2.95. The van der Waals surface area contributed by atoms with Crippen LogP contribution in [0.2, 0.25) is 0 Å². The molecule has 0 unspecified atom stereocenters. The van der Waals surface area contributed by atoms with E-state index in [1.165, 1.54) is 9.92 Å². The third kappa shape index (κ3) is 4.30. The molecule has 1 N–H and O–H groups in total. The highest BCUT2D eigenvalue weighted by Crippen LogP contribution is 2.35. The van der Waals surface area contributed by atoms with Gasteiger partial charge >= 0.3 is 0 Å². The molecule has 0 aliphatic rings. The van der Waals surface area contributed by atoms with Gasteiger partial charge in [0.25, 0.3) is 0 Å². The molecule has 1 aromatic carbocycles. The Morgan fingerprint density at radius 3 is 2.48 bits per heavy atom. The first kappa shape index (κ1) is 17.7. The fourth-order valence-electron chi connectivity index (χ4n) is 2.70. The molecule has 0 saturated carbocycles. The fraction of sp³-hybridized carbons (Fsp3) is 0.300. The lowest BCUT2D eigenvalue weighted by Gasteiger charge is -2.13. The Morgan fingerprint density at radius 1 is 1.08 bits per heavy atom. The van der Waals surface area contributed by atoms with Crippen molar-refractivity contribution in [3.63, 3.8) is 0 Å². The maximum atomic E-state index is 4.94. The molecule has 0 amide bonds. The second-order valence-electron chi connectivity index (χ2n) is 6.23. The van der Waals surface area contributed by atoms with Crippen LogP contribution in [-0.4, -0.2) is 21.6 Å². The number of benzene rings is 1. The van der Waals surface area contributed by atoms with E-state index in [2.05, 4.69) is 59.0 Å². The summed E-state index contributed by atoms with van der Waals surface area (Å²) in [4.78, 5) is 10.7. The van der Waals surface area contributed by atoms with Crippen LogP contribution in [0.3, 0.4) is 0 Å². The molecule has 2 aromatic heterocycles. The first-order chi connectivity index (χ1) is 12.2. The highest BCUT2D eigenvalue weighted by molar-refractivity contribution is 7.99. The Hall–Kier alpha value is -2.11. The quantitative estimate of drug-likeness (QED) is 0.688. The smallest absolute Gasteiger partial charge is 0.124 e. The van der Waals surface area contributed by atoms with Gasteiger partial charge in [0, 0.05) is 11.1 Å². The molecule has 130 valence electrons. The molecule has 0 radical (unpaired) electrons. The van der Waals surface area contributed by atoms with Gasteiger partial charge in [-0.25, -0.2) is 4.98 Å². The molecule has 3 aromatic rings. The zero-order valence-electron chi connectivity index (χ0n) is 14.9. The van der Waals surface area contributed by atoms with E-state index in [1.807, 2.05) is 31.4 Å². The van der Waals surface area contributed by atoms with Crippen molar-refractivity contribution in [1.29, 1.82) is 0 Å². The zero-order valence-corrected chi connectivity index (χ0v) is 15.8. The Balaban J connectivity index is 2.05. The highest BCUT2D eigenvalue weighted by Gasteiger charge is 2.20. The van der Waals surface area contributed by atoms with Crippen molar-refractivity contribution in [3.05, 3.63) is 71.9 Å². The van der Waals surface area contributed by atoms with E-state index in [1.54, 1.807) is 11.8 Å². The maximum Gasteiger partial charge on any atom is 0.124 e. The lowest BCUT2D eigenvalue weighted by molar-refractivity contribution is 0.629. The minimum atomic E-state index is 0.367. The molecule has 3 rings (SSSR count). The van der Waals surface area contributed by atoms with E-state index in [9.17, 15) is 0 Å². The third-order valence-corrected chi connectivity index (χ3v) is 5.04. The number of aromatic nitrogens is 3. The van der Waals surface area contributed by atoms with Crippen molar-refractivity contribution in [1.82, 2.24) is 19.9 Å². The lowest BCUT2D eigenvalue weighted by Crippen LogP contribution is -2.14. The summed E-state index contributed by atoms with van der Waals surface area (Å²) in [6.45, 7) is 5.87. The van der Waals surface area contributed by atoms with Gasteiger partial charge in [0.1, 0.15) is 10.9 Å². The molecule has 0 spiro atoms. The molecule has 0 aliphatic heterocycles. The Labute approximate surface area is 153 Å². The normalized spacial score (nSPS) is 11.2. The number of nitrogens with one attached hydrogen (secondary N) is 1. The lowest BCUT2D eigenvalue weighted by atomic mass is 10.1. The van der Waals surface area contributed by atoms with Crippen LogP contribution in [0.25, 0.3) is 0 Å². The van der Waals surface area contributed by atoms with E-state index in [0.29, 0.717) is 5.92 Å². The van der Waals surface area contributed by atoms with Gasteiger partial charge in [-0.05, 0) is 37.2 Å². The van der Waals surface area contributed by atoms with Gasteiger partial charge in [-0.1, -0.05) is 49.9 Å². The van der Waals surface area contributed by atoms with Gasteiger partial charge < -0.3 is 9.88 Å². The van der Waals surface area contributed by atoms with E-state index >= 15 is 0 Å². The Bertz CT molecular complexity index is 797. The van der Waals surface area contributed by atoms with Gasteiger partial charge in [-0.15, -0.1) is 0 Å². The number of imidazole rings is 1. The molecule has 0 fully saturated rings. The summed E-state index contributed by atoms with van der Waals surface area (Å²) in [6.07, 6.45) is 1.84. The second kappa shape index (κ2) is 8.32. The summed E-state index contributed by atoms with van der Waals surface area (Å²) >= 11 is 1.78. The van der Waals surface area contributed by atoms with Crippen molar-refractivity contribution < 1.29 is 0 Å². The van der Waals surface area contributed by atoms with Crippen molar-refractivity contribution >= 4 is 11.8 Å². The van der Waals surface area contributed by atoms with Crippen LogP contribution in [0, 0.1) is 0 Å². The topological polar surface area (TPSA) is 42.7 Å². The number of rotatable bonds is 7. The average molecular weight is 353 g/mol. The summed E-state index contributed by atoms with van der Waals surface area (Å²) in [5.74, 6) is 1.42. The Kier molecular flexibility index (Phi) is 5.89. The SMILES string of the molecule is CNCc1nc(C(C)C)c(Sc2ccccc2)n1Cc1ccccn1. The van der Waals surface area contributed by atoms with Crippen LogP contribution < -0.4 is 5.32 Å². The first-order valence-electron chi connectivity index (χ1n) is 8.55. The van der Waals surface area contributed by atoms with Gasteiger partial charge in [-0.2, -0.15) is 0 Å². The second-order valence-corrected chi connectivity index (χ2v) is 7.29. The molecular weight excluding hydrogens is 328 g/mol. The summed E-state index contributed by atoms with van der Waals surface area (Å²) < 4.78 is 2.30. The molecule has 0 saturated heterocycles. The summed E-state index contributed by atoms with van der Waals surface area (Å²) in [5, 5.41) is 4.45. The van der Waals surface area contributed by atoms with Crippen LogP contribution >= 0.6 is 11.8 Å². The number of nitrogens with zero attached hydrogens (tertiary/aromatic N) is 3. The molecule has 25 heavy (non-hydrogen) atoms. The number of hydrogen-bond donors (Lipinski definition) is 1. The molecule has 0 bridgehead atoms. The molecule has 2 heterocycles. The van der Waals surface area contributed by atoms with Gasteiger partial charge in [-0.3, -0.25) is 4.98 Å². The molecule has 5 heteroatoms. The van der Waals surface area contributed by atoms with E-state index < -0.39 is 0 Å². The van der Waals surface area contributed by atoms with E-state index in [-0.39, 0.29) is 0 Å². The van der Waals surface area contributed by atoms with Crippen LogP contribution in [0.15, 0.2) is 64.6 Å². The minimum Gasteiger partial charge on any atom is -0.316 e. The fourth-order valence-corrected chi connectivity index (χ4v) is 3.88. The zero-order chi connectivity index (χ0) is 17.6. The largest absolute Gasteiger partial charge is 0.316 e. The van der Waals surface area contributed by atoms with Crippen LogP contribution in [-0.2, 0) is 13.1 Å². The van der Waals surface area contributed by atoms with Crippen molar-refractivity contribution in [3.8, 4) is 0 Å². The monoisotopic (exact) mass is 352 g/mol. The molecular formula is C20H24N4S. The van der Waals surface area contributed by atoms with Crippen LogP contribution in [0.4, 0.5) is 0 Å². The predicted molar refractivity (Wildman–Crippen MR) is 103 cm³/mol. The molecule has 4 nitrogen and oxygen atoms in total.